The summed E-state index contributed by atoms with van der Waals surface area (Å²) in [7, 11) is 3.37. The quantitative estimate of drug-likeness (QED) is 0.728. The molecular formula is C20H21N3O2. The Kier molecular flexibility index (Phi) is 4.14. The Labute approximate surface area is 147 Å². The average Bonchev–Trinajstić information content (AvgIpc) is 3.16. The normalized spacial score (nSPS) is 17.0. The highest BCUT2D eigenvalue weighted by atomic mass is 16.5. The van der Waals surface area contributed by atoms with Crippen LogP contribution in [0, 0.1) is 0 Å². The fourth-order valence-electron chi connectivity index (χ4n) is 3.56. The number of rotatable bonds is 4. The molecule has 1 saturated heterocycles. The standard InChI is InChI=1S/C20H21N3O2/c1-24-18-9-5-6-15(20(18)25-2)14-10-11-23(13-14)19-12-21-16-7-3-4-8-17(16)22-19/h3-9,12,14H,10-11,13H2,1-2H3. The molecule has 0 saturated carbocycles. The van der Waals surface area contributed by atoms with E-state index in [0.29, 0.717) is 5.92 Å². The summed E-state index contributed by atoms with van der Waals surface area (Å²) in [4.78, 5) is 11.6. The second kappa shape index (κ2) is 6.59. The highest BCUT2D eigenvalue weighted by molar-refractivity contribution is 5.75. The van der Waals surface area contributed by atoms with Crippen LogP contribution in [-0.2, 0) is 0 Å². The molecule has 5 heteroatoms. The van der Waals surface area contributed by atoms with Crippen LogP contribution < -0.4 is 14.4 Å². The van der Waals surface area contributed by atoms with Gasteiger partial charge >= 0.3 is 0 Å². The van der Waals surface area contributed by atoms with Crippen LogP contribution in [0.2, 0.25) is 0 Å². The molecule has 25 heavy (non-hydrogen) atoms. The maximum absolute atomic E-state index is 5.61. The minimum Gasteiger partial charge on any atom is -0.493 e. The molecule has 2 aromatic carbocycles. The van der Waals surface area contributed by atoms with Crippen molar-refractivity contribution < 1.29 is 9.47 Å². The van der Waals surface area contributed by atoms with Gasteiger partial charge in [0.15, 0.2) is 11.5 Å². The van der Waals surface area contributed by atoms with Gasteiger partial charge in [-0.15, -0.1) is 0 Å². The zero-order valence-electron chi connectivity index (χ0n) is 14.5. The van der Waals surface area contributed by atoms with Gasteiger partial charge in [0.1, 0.15) is 5.82 Å². The molecule has 1 aromatic heterocycles. The number of hydrogen-bond donors (Lipinski definition) is 0. The van der Waals surface area contributed by atoms with E-state index >= 15 is 0 Å². The third kappa shape index (κ3) is 2.86. The molecule has 0 aliphatic carbocycles. The molecule has 1 atom stereocenters. The van der Waals surface area contributed by atoms with Gasteiger partial charge in [-0.1, -0.05) is 24.3 Å². The molecule has 4 rings (SSSR count). The zero-order chi connectivity index (χ0) is 17.2. The van der Waals surface area contributed by atoms with Crippen molar-refractivity contribution in [2.24, 2.45) is 0 Å². The number of aromatic nitrogens is 2. The third-order valence-corrected chi connectivity index (χ3v) is 4.82. The van der Waals surface area contributed by atoms with E-state index in [1.54, 1.807) is 14.2 Å². The molecule has 0 spiro atoms. The van der Waals surface area contributed by atoms with Gasteiger partial charge in [-0.3, -0.25) is 4.98 Å². The Hall–Kier alpha value is -2.82. The van der Waals surface area contributed by atoms with Crippen molar-refractivity contribution in [2.45, 2.75) is 12.3 Å². The Morgan fingerprint density at radius 1 is 1.00 bits per heavy atom. The third-order valence-electron chi connectivity index (χ3n) is 4.82. The Morgan fingerprint density at radius 3 is 2.64 bits per heavy atom. The molecule has 1 aliphatic heterocycles. The largest absolute Gasteiger partial charge is 0.493 e. The van der Waals surface area contributed by atoms with Gasteiger partial charge in [0, 0.05) is 24.6 Å². The van der Waals surface area contributed by atoms with Crippen LogP contribution in [0.15, 0.2) is 48.7 Å². The minimum absolute atomic E-state index is 0.387. The van der Waals surface area contributed by atoms with Crippen molar-refractivity contribution in [3.63, 3.8) is 0 Å². The lowest BCUT2D eigenvalue weighted by molar-refractivity contribution is 0.350. The Balaban J connectivity index is 1.60. The van der Waals surface area contributed by atoms with Gasteiger partial charge in [0.25, 0.3) is 0 Å². The molecular weight excluding hydrogens is 314 g/mol. The number of fused-ring (bicyclic) bond motifs is 1. The minimum atomic E-state index is 0.387. The van der Waals surface area contributed by atoms with Gasteiger partial charge in [-0.25, -0.2) is 4.98 Å². The van der Waals surface area contributed by atoms with Gasteiger partial charge in [-0.05, 0) is 24.6 Å². The molecule has 0 bridgehead atoms. The molecule has 1 aliphatic rings. The number of methoxy groups -OCH3 is 2. The fraction of sp³-hybridized carbons (Fsp3) is 0.300. The van der Waals surface area contributed by atoms with Crippen LogP contribution in [0.1, 0.15) is 17.9 Å². The first-order chi connectivity index (χ1) is 12.3. The number of anilines is 1. The van der Waals surface area contributed by atoms with Crippen LogP contribution in [0.25, 0.3) is 11.0 Å². The molecule has 128 valence electrons. The van der Waals surface area contributed by atoms with E-state index in [0.717, 1.165) is 47.9 Å². The summed E-state index contributed by atoms with van der Waals surface area (Å²) in [5, 5.41) is 0. The van der Waals surface area contributed by atoms with E-state index in [2.05, 4.69) is 16.0 Å². The van der Waals surface area contributed by atoms with Gasteiger partial charge in [-0.2, -0.15) is 0 Å². The number of nitrogens with zero attached hydrogens (tertiary/aromatic N) is 3. The monoisotopic (exact) mass is 335 g/mol. The summed E-state index contributed by atoms with van der Waals surface area (Å²) >= 11 is 0. The van der Waals surface area contributed by atoms with Crippen molar-refractivity contribution in [1.29, 1.82) is 0 Å². The number of ether oxygens (including phenoxy) is 2. The van der Waals surface area contributed by atoms with Crippen LogP contribution in [0.5, 0.6) is 11.5 Å². The van der Waals surface area contributed by atoms with E-state index in [4.69, 9.17) is 14.5 Å². The Morgan fingerprint density at radius 2 is 1.84 bits per heavy atom. The van der Waals surface area contributed by atoms with Crippen LogP contribution in [0.4, 0.5) is 5.82 Å². The highest BCUT2D eigenvalue weighted by Crippen LogP contribution is 2.39. The summed E-state index contributed by atoms with van der Waals surface area (Å²) in [6.45, 7) is 1.86. The van der Waals surface area contributed by atoms with Crippen molar-refractivity contribution in [3.8, 4) is 11.5 Å². The first kappa shape index (κ1) is 15.7. The summed E-state index contributed by atoms with van der Waals surface area (Å²) in [6.07, 6.45) is 2.92. The van der Waals surface area contributed by atoms with E-state index in [1.165, 1.54) is 5.56 Å². The van der Waals surface area contributed by atoms with Gasteiger partial charge < -0.3 is 14.4 Å². The summed E-state index contributed by atoms with van der Waals surface area (Å²) in [5.74, 6) is 2.94. The molecule has 1 fully saturated rings. The topological polar surface area (TPSA) is 47.5 Å². The van der Waals surface area contributed by atoms with Crippen LogP contribution in [-0.4, -0.2) is 37.3 Å². The molecule has 0 N–H and O–H groups in total. The molecule has 3 aromatic rings. The summed E-state index contributed by atoms with van der Waals surface area (Å²) in [6, 6.07) is 14.1. The first-order valence-corrected chi connectivity index (χ1v) is 8.48. The lowest BCUT2D eigenvalue weighted by Gasteiger charge is -2.19. The van der Waals surface area contributed by atoms with Crippen molar-refractivity contribution >= 4 is 16.9 Å². The van der Waals surface area contributed by atoms with Gasteiger partial charge in [0.2, 0.25) is 0 Å². The SMILES string of the molecule is COc1cccc(C2CCN(c3cnc4ccccc4n3)C2)c1OC. The van der Waals surface area contributed by atoms with Crippen LogP contribution in [0.3, 0.4) is 0 Å². The smallest absolute Gasteiger partial charge is 0.164 e. The van der Waals surface area contributed by atoms with Crippen molar-refractivity contribution in [3.05, 3.63) is 54.2 Å². The predicted octanol–water partition coefficient (Wildman–Crippen LogP) is 3.64. The maximum atomic E-state index is 5.61. The lowest BCUT2D eigenvalue weighted by atomic mass is 9.97. The van der Waals surface area contributed by atoms with Crippen molar-refractivity contribution in [2.75, 3.05) is 32.2 Å². The number of hydrogen-bond acceptors (Lipinski definition) is 5. The van der Waals surface area contributed by atoms with E-state index in [1.807, 2.05) is 42.6 Å². The summed E-state index contributed by atoms with van der Waals surface area (Å²) in [5.41, 5.74) is 3.05. The number of benzene rings is 2. The molecule has 0 amide bonds. The molecule has 2 heterocycles. The second-order valence-corrected chi connectivity index (χ2v) is 6.23. The molecule has 5 nitrogen and oxygen atoms in total. The van der Waals surface area contributed by atoms with Crippen molar-refractivity contribution in [1.82, 2.24) is 9.97 Å². The van der Waals surface area contributed by atoms with E-state index < -0.39 is 0 Å². The molecule has 1 unspecified atom stereocenters. The zero-order valence-corrected chi connectivity index (χ0v) is 14.5. The lowest BCUT2D eigenvalue weighted by Crippen LogP contribution is -2.20. The first-order valence-electron chi connectivity index (χ1n) is 8.48. The van der Waals surface area contributed by atoms with Crippen LogP contribution >= 0.6 is 0 Å². The second-order valence-electron chi connectivity index (χ2n) is 6.23. The average molecular weight is 335 g/mol. The maximum Gasteiger partial charge on any atom is 0.164 e. The van der Waals surface area contributed by atoms with Gasteiger partial charge in [0.05, 0.1) is 31.4 Å². The predicted molar refractivity (Wildman–Crippen MR) is 98.7 cm³/mol. The van der Waals surface area contributed by atoms with E-state index in [-0.39, 0.29) is 0 Å². The van der Waals surface area contributed by atoms with E-state index in [9.17, 15) is 0 Å². The summed E-state index contributed by atoms with van der Waals surface area (Å²) < 4.78 is 11.0. The molecule has 0 radical (unpaired) electrons. The number of para-hydroxylation sites is 3. The fourth-order valence-corrected chi connectivity index (χ4v) is 3.56. The highest BCUT2D eigenvalue weighted by Gasteiger charge is 2.28. The Bertz CT molecular complexity index is 897.